The predicted octanol–water partition coefficient (Wildman–Crippen LogP) is 4.16. The second-order valence-electron chi connectivity index (χ2n) is 8.78. The first-order chi connectivity index (χ1) is 17.5. The topological polar surface area (TPSA) is 99.3 Å². The first-order valence-electron chi connectivity index (χ1n) is 12.1. The first kappa shape index (κ1) is 25.1. The third kappa shape index (κ3) is 5.95. The maximum atomic E-state index is 12.0. The minimum Gasteiger partial charge on any atom is -0.495 e. The minimum absolute atomic E-state index is 0.415. The van der Waals surface area contributed by atoms with Crippen LogP contribution in [0.25, 0.3) is 11.1 Å². The van der Waals surface area contributed by atoms with E-state index in [1.807, 2.05) is 36.4 Å². The van der Waals surface area contributed by atoms with Gasteiger partial charge in [-0.05, 0) is 60.5 Å². The van der Waals surface area contributed by atoms with Gasteiger partial charge in [-0.25, -0.2) is 4.79 Å². The summed E-state index contributed by atoms with van der Waals surface area (Å²) in [4.78, 5) is 29.5. The van der Waals surface area contributed by atoms with Crippen LogP contribution in [0.5, 0.6) is 5.75 Å². The molecule has 0 saturated carbocycles. The Hall–Kier alpha value is -4.04. The van der Waals surface area contributed by atoms with E-state index in [9.17, 15) is 14.7 Å². The average Bonchev–Trinajstić information content (AvgIpc) is 2.91. The zero-order chi connectivity index (χ0) is 25.5. The predicted molar refractivity (Wildman–Crippen MR) is 142 cm³/mol. The van der Waals surface area contributed by atoms with Crippen LogP contribution in [0.3, 0.4) is 0 Å². The molecule has 1 saturated heterocycles. The van der Waals surface area contributed by atoms with E-state index in [4.69, 9.17) is 10.5 Å². The molecule has 8 nitrogen and oxygen atoms in total. The van der Waals surface area contributed by atoms with Crippen molar-refractivity contribution in [3.8, 4) is 16.9 Å². The second kappa shape index (κ2) is 11.6. The number of ether oxygens (including phenoxy) is 1. The molecule has 4 rings (SSSR count). The fourth-order valence-corrected chi connectivity index (χ4v) is 4.58. The summed E-state index contributed by atoms with van der Waals surface area (Å²) in [5.41, 5.74) is 9.30. The number of hydrogen-bond acceptors (Lipinski definition) is 5. The highest BCUT2D eigenvalue weighted by Gasteiger charge is 2.20. The van der Waals surface area contributed by atoms with E-state index in [0.29, 0.717) is 17.8 Å². The number of para-hydroxylation sites is 2. The number of nitrogens with zero attached hydrogens (tertiary/aromatic N) is 3. The van der Waals surface area contributed by atoms with Gasteiger partial charge in [0.1, 0.15) is 5.75 Å². The summed E-state index contributed by atoms with van der Waals surface area (Å²) in [5, 5.41) is 9.80. The number of carbonyl (C=O) groups excluding carboxylic acids is 1. The number of hydrogen-bond donors (Lipinski definition) is 2. The Morgan fingerprint density at radius 2 is 1.67 bits per heavy atom. The number of benzene rings is 3. The fraction of sp³-hybridized carbons (Fsp3) is 0.286. The molecule has 3 N–H and O–H groups in total. The van der Waals surface area contributed by atoms with Crippen molar-refractivity contribution in [3.05, 3.63) is 78.4 Å². The largest absolute Gasteiger partial charge is 0.495 e. The number of rotatable bonds is 9. The Bertz CT molecular complexity index is 1190. The number of piperazine rings is 1. The Balaban J connectivity index is 1.31. The van der Waals surface area contributed by atoms with Crippen LogP contribution in [0.15, 0.2) is 72.8 Å². The molecule has 2 amide bonds. The summed E-state index contributed by atoms with van der Waals surface area (Å²) in [6.07, 6.45) is -0.233. The van der Waals surface area contributed by atoms with E-state index in [-0.39, 0.29) is 0 Å². The highest BCUT2D eigenvalue weighted by Crippen LogP contribution is 2.28. The van der Waals surface area contributed by atoms with Crippen LogP contribution in [0.4, 0.5) is 16.2 Å². The van der Waals surface area contributed by atoms with Crippen molar-refractivity contribution in [1.29, 1.82) is 0 Å². The molecule has 1 heterocycles. The van der Waals surface area contributed by atoms with Gasteiger partial charge in [-0.3, -0.25) is 14.6 Å². The third-order valence-electron chi connectivity index (χ3n) is 6.54. The molecule has 3 aromatic rings. The Morgan fingerprint density at radius 3 is 2.33 bits per heavy atom. The number of amides is 2. The molecule has 1 fully saturated rings. The molecular weight excluding hydrogens is 456 g/mol. The zero-order valence-electron chi connectivity index (χ0n) is 20.5. The number of nitrogens with two attached hydrogens (primary N) is 1. The molecule has 0 bridgehead atoms. The average molecular weight is 489 g/mol. The Kier molecular flexibility index (Phi) is 8.07. The smallest absolute Gasteiger partial charge is 0.411 e. The lowest BCUT2D eigenvalue weighted by Crippen LogP contribution is -2.47. The molecule has 3 aromatic carbocycles. The lowest BCUT2D eigenvalue weighted by molar-refractivity contribution is 0.1000. The molecule has 8 heteroatoms. The van der Waals surface area contributed by atoms with Crippen molar-refractivity contribution in [2.75, 3.05) is 56.2 Å². The molecule has 188 valence electrons. The molecule has 0 aliphatic carbocycles. The summed E-state index contributed by atoms with van der Waals surface area (Å²) < 4.78 is 5.49. The fourth-order valence-electron chi connectivity index (χ4n) is 4.58. The number of methoxy groups -OCH3 is 1. The molecular formula is C28H32N4O4. The van der Waals surface area contributed by atoms with Gasteiger partial charge in [-0.15, -0.1) is 0 Å². The van der Waals surface area contributed by atoms with Crippen LogP contribution >= 0.6 is 0 Å². The Morgan fingerprint density at radius 1 is 0.944 bits per heavy atom. The summed E-state index contributed by atoms with van der Waals surface area (Å²) in [6.45, 7) is 4.90. The molecule has 0 radical (unpaired) electrons. The van der Waals surface area contributed by atoms with Crippen molar-refractivity contribution < 1.29 is 19.4 Å². The molecule has 36 heavy (non-hydrogen) atoms. The van der Waals surface area contributed by atoms with Gasteiger partial charge in [0, 0.05) is 44.0 Å². The van der Waals surface area contributed by atoms with Crippen LogP contribution < -0.4 is 20.3 Å². The van der Waals surface area contributed by atoms with Gasteiger partial charge in [0.05, 0.1) is 12.8 Å². The van der Waals surface area contributed by atoms with Crippen molar-refractivity contribution in [1.82, 2.24) is 4.90 Å². The molecule has 0 aromatic heterocycles. The van der Waals surface area contributed by atoms with Gasteiger partial charge in [-0.1, -0.05) is 36.4 Å². The molecule has 0 spiro atoms. The van der Waals surface area contributed by atoms with Crippen molar-refractivity contribution in [2.24, 2.45) is 5.73 Å². The van der Waals surface area contributed by atoms with Crippen LogP contribution in [-0.2, 0) is 0 Å². The standard InChI is InChI=1S/C28H32N4O4/c1-36-26-9-3-2-8-25(26)31-18-16-30(17-19-31)14-5-15-32(28(34)35)24-12-10-21(11-13-24)22-6-4-7-23(20-22)27(29)33/h2-4,6-13,20H,5,14-19H2,1H3,(H2,29,33)(H,34,35). The summed E-state index contributed by atoms with van der Waals surface area (Å²) in [7, 11) is 1.69. The van der Waals surface area contributed by atoms with E-state index in [1.54, 1.807) is 37.4 Å². The second-order valence-corrected chi connectivity index (χ2v) is 8.78. The highest BCUT2D eigenvalue weighted by molar-refractivity contribution is 5.94. The van der Waals surface area contributed by atoms with E-state index in [1.165, 1.54) is 4.90 Å². The number of primary amides is 1. The highest BCUT2D eigenvalue weighted by atomic mass is 16.5. The maximum absolute atomic E-state index is 12.0. The van der Waals surface area contributed by atoms with Crippen LogP contribution in [0, 0.1) is 0 Å². The number of carbonyl (C=O) groups is 2. The molecule has 1 aliphatic heterocycles. The zero-order valence-corrected chi connectivity index (χ0v) is 20.5. The maximum Gasteiger partial charge on any atom is 0.411 e. The van der Waals surface area contributed by atoms with Crippen LogP contribution in [0.1, 0.15) is 16.8 Å². The van der Waals surface area contributed by atoms with Gasteiger partial charge in [0.2, 0.25) is 5.91 Å². The van der Waals surface area contributed by atoms with E-state index >= 15 is 0 Å². The quantitative estimate of drug-likeness (QED) is 0.469. The normalized spacial score (nSPS) is 13.9. The minimum atomic E-state index is -0.973. The van der Waals surface area contributed by atoms with Crippen molar-refractivity contribution in [3.63, 3.8) is 0 Å². The summed E-state index contributed by atoms with van der Waals surface area (Å²) in [5.74, 6) is 0.404. The number of carboxylic acid groups (broad SMARTS) is 1. The first-order valence-corrected chi connectivity index (χ1v) is 12.1. The lowest BCUT2D eigenvalue weighted by Gasteiger charge is -2.36. The SMILES string of the molecule is COc1ccccc1N1CCN(CCCN(C(=O)O)c2ccc(-c3cccc(C(N)=O)c3)cc2)CC1. The van der Waals surface area contributed by atoms with Gasteiger partial charge in [-0.2, -0.15) is 0 Å². The van der Waals surface area contributed by atoms with E-state index in [2.05, 4.69) is 15.9 Å². The summed E-state index contributed by atoms with van der Waals surface area (Å²) in [6, 6.07) is 22.5. The van der Waals surface area contributed by atoms with Gasteiger partial charge in [0.15, 0.2) is 0 Å². The monoisotopic (exact) mass is 488 g/mol. The van der Waals surface area contributed by atoms with Crippen LogP contribution in [-0.4, -0.2) is 68.4 Å². The molecule has 1 aliphatic rings. The third-order valence-corrected chi connectivity index (χ3v) is 6.54. The van der Waals surface area contributed by atoms with E-state index in [0.717, 1.165) is 61.7 Å². The van der Waals surface area contributed by atoms with E-state index < -0.39 is 12.0 Å². The number of anilines is 2. The molecule has 0 unspecified atom stereocenters. The summed E-state index contributed by atoms with van der Waals surface area (Å²) >= 11 is 0. The molecule has 0 atom stereocenters. The van der Waals surface area contributed by atoms with Crippen LogP contribution in [0.2, 0.25) is 0 Å². The van der Waals surface area contributed by atoms with Gasteiger partial charge < -0.3 is 20.5 Å². The van der Waals surface area contributed by atoms with Gasteiger partial charge in [0.25, 0.3) is 0 Å². The Labute approximate surface area is 211 Å². The lowest BCUT2D eigenvalue weighted by atomic mass is 10.0. The van der Waals surface area contributed by atoms with Crippen molar-refractivity contribution >= 4 is 23.4 Å². The van der Waals surface area contributed by atoms with Gasteiger partial charge >= 0.3 is 6.09 Å². The van der Waals surface area contributed by atoms with Crippen molar-refractivity contribution in [2.45, 2.75) is 6.42 Å².